The molecule has 0 saturated heterocycles. The molecule has 0 fully saturated rings. The zero-order valence-corrected chi connectivity index (χ0v) is 19.8. The van der Waals surface area contributed by atoms with Gasteiger partial charge in [0.1, 0.15) is 17.2 Å². The Labute approximate surface area is 214 Å². The predicted molar refractivity (Wildman–Crippen MR) is 129 cm³/mol. The summed E-state index contributed by atoms with van der Waals surface area (Å²) in [5.41, 5.74) is -5.96. The fraction of sp³-hybridized carbons (Fsp3) is 0.172. The minimum atomic E-state index is -5.76. The van der Waals surface area contributed by atoms with E-state index in [1.54, 1.807) is 31.2 Å². The van der Waals surface area contributed by atoms with Gasteiger partial charge in [-0.25, -0.2) is 0 Å². The Morgan fingerprint density at radius 1 is 0.395 bits per heavy atom. The van der Waals surface area contributed by atoms with Crippen molar-refractivity contribution in [1.29, 1.82) is 0 Å². The quantitative estimate of drug-likeness (QED) is 0.184. The highest BCUT2D eigenvalue weighted by atomic mass is 19.4. The molecule has 0 heterocycles. The van der Waals surface area contributed by atoms with Crippen molar-refractivity contribution in [2.45, 2.75) is 30.1 Å². The molecule has 4 aromatic rings. The van der Waals surface area contributed by atoms with E-state index in [0.717, 1.165) is 24.3 Å². The zero-order valence-electron chi connectivity index (χ0n) is 19.8. The van der Waals surface area contributed by atoms with E-state index in [0.29, 0.717) is 28.8 Å². The predicted octanol–water partition coefficient (Wildman–Crippen LogP) is 7.57. The van der Waals surface area contributed by atoms with Crippen LogP contribution in [0.1, 0.15) is 34.7 Å². The van der Waals surface area contributed by atoms with Crippen LogP contribution < -0.4 is 0 Å². The highest BCUT2D eigenvalue weighted by Crippen LogP contribution is 2.56. The molecular formula is C29H22F6O3. The van der Waals surface area contributed by atoms with Crippen molar-refractivity contribution in [3.63, 3.8) is 0 Å². The van der Waals surface area contributed by atoms with Crippen LogP contribution in [-0.4, -0.2) is 27.7 Å². The van der Waals surface area contributed by atoms with Crippen molar-refractivity contribution >= 4 is 0 Å². The van der Waals surface area contributed by atoms with Gasteiger partial charge in [0.2, 0.25) is 5.41 Å². The Hall–Kier alpha value is -4.14. The molecule has 9 heteroatoms. The van der Waals surface area contributed by atoms with E-state index in [1.165, 1.54) is 36.4 Å². The molecule has 0 aromatic heterocycles. The average Bonchev–Trinajstić information content (AvgIpc) is 2.85. The summed E-state index contributed by atoms with van der Waals surface area (Å²) in [4.78, 5) is 0. The lowest BCUT2D eigenvalue weighted by atomic mass is 9.69. The number of hydrogen-bond donors (Lipinski definition) is 3. The third-order valence-electron chi connectivity index (χ3n) is 6.94. The maximum Gasteiger partial charge on any atom is 0.411 e. The molecular weight excluding hydrogens is 510 g/mol. The maximum absolute atomic E-state index is 14.5. The molecule has 0 saturated carbocycles. The normalized spacial score (nSPS) is 12.9. The molecule has 0 amide bonds. The first kappa shape index (κ1) is 26.9. The summed E-state index contributed by atoms with van der Waals surface area (Å²) in [6.45, 7) is 1.74. The van der Waals surface area contributed by atoms with Gasteiger partial charge in [-0.15, -0.1) is 0 Å². The minimum Gasteiger partial charge on any atom is -0.508 e. The van der Waals surface area contributed by atoms with Gasteiger partial charge in [-0.3, -0.25) is 0 Å². The summed E-state index contributed by atoms with van der Waals surface area (Å²) in [5, 5.41) is 29.0. The largest absolute Gasteiger partial charge is 0.508 e. The second kappa shape index (κ2) is 9.31. The van der Waals surface area contributed by atoms with Gasteiger partial charge >= 0.3 is 12.4 Å². The van der Waals surface area contributed by atoms with Crippen molar-refractivity contribution in [3.05, 3.63) is 125 Å². The molecule has 0 bridgehead atoms. The maximum atomic E-state index is 14.5. The van der Waals surface area contributed by atoms with Crippen LogP contribution in [0.2, 0.25) is 0 Å². The van der Waals surface area contributed by atoms with Crippen molar-refractivity contribution in [3.8, 4) is 17.2 Å². The fourth-order valence-electron chi connectivity index (χ4n) is 4.84. The van der Waals surface area contributed by atoms with E-state index in [1.807, 2.05) is 0 Å². The zero-order chi connectivity index (χ0) is 27.9. The molecule has 0 aliphatic carbocycles. The molecule has 4 rings (SSSR count). The van der Waals surface area contributed by atoms with Crippen LogP contribution >= 0.6 is 0 Å². The Balaban J connectivity index is 1.95. The van der Waals surface area contributed by atoms with Gasteiger partial charge in [0.05, 0.1) is 0 Å². The van der Waals surface area contributed by atoms with E-state index >= 15 is 0 Å². The van der Waals surface area contributed by atoms with E-state index in [-0.39, 0.29) is 11.5 Å². The summed E-state index contributed by atoms with van der Waals surface area (Å²) in [6.07, 6.45) is -11.5. The Bertz CT molecular complexity index is 1330. The summed E-state index contributed by atoms with van der Waals surface area (Å²) < 4.78 is 86.7. The SMILES string of the molecule is CC(c1ccc(O)cc1)(c1ccc(O)cc1)c1ccc(C(c2ccc(O)cc2)(C(F)(F)F)C(F)(F)F)cc1. The molecule has 0 unspecified atom stereocenters. The molecule has 38 heavy (non-hydrogen) atoms. The van der Waals surface area contributed by atoms with Gasteiger partial charge in [-0.2, -0.15) is 26.3 Å². The molecule has 0 aliphatic heterocycles. The van der Waals surface area contributed by atoms with Crippen LogP contribution in [0.4, 0.5) is 26.3 Å². The second-order valence-electron chi connectivity index (χ2n) is 9.09. The average molecular weight is 532 g/mol. The summed E-state index contributed by atoms with van der Waals surface area (Å²) in [7, 11) is 0. The first-order chi connectivity index (χ1) is 17.7. The van der Waals surface area contributed by atoms with Crippen LogP contribution in [0.3, 0.4) is 0 Å². The molecule has 0 spiro atoms. The smallest absolute Gasteiger partial charge is 0.411 e. The van der Waals surface area contributed by atoms with Crippen LogP contribution in [0, 0.1) is 0 Å². The molecule has 4 aromatic carbocycles. The third-order valence-corrected chi connectivity index (χ3v) is 6.94. The molecule has 0 radical (unpaired) electrons. The Kier molecular flexibility index (Phi) is 6.59. The van der Waals surface area contributed by atoms with Crippen LogP contribution in [-0.2, 0) is 10.8 Å². The summed E-state index contributed by atoms with van der Waals surface area (Å²) in [6, 6.07) is 18.9. The van der Waals surface area contributed by atoms with E-state index < -0.39 is 40.1 Å². The number of aromatic hydroxyl groups is 3. The van der Waals surface area contributed by atoms with Crippen molar-refractivity contribution in [1.82, 2.24) is 0 Å². The van der Waals surface area contributed by atoms with E-state index in [2.05, 4.69) is 0 Å². The number of hydrogen-bond acceptors (Lipinski definition) is 3. The highest BCUT2D eigenvalue weighted by molar-refractivity contribution is 5.53. The lowest BCUT2D eigenvalue weighted by molar-refractivity contribution is -0.288. The Morgan fingerprint density at radius 2 is 0.605 bits per heavy atom. The van der Waals surface area contributed by atoms with Gasteiger partial charge in [0, 0.05) is 5.41 Å². The topological polar surface area (TPSA) is 60.7 Å². The van der Waals surface area contributed by atoms with Crippen LogP contribution in [0.5, 0.6) is 17.2 Å². The molecule has 3 nitrogen and oxygen atoms in total. The standard InChI is InChI=1S/C29H22F6O3/c1-26(19-6-12-23(36)13-7-19,20-8-14-24(37)15-9-20)18-2-4-21(5-3-18)27(28(30,31)32,29(33,34)35)22-10-16-25(38)17-11-22/h2-17,36-38H,1H3. The lowest BCUT2D eigenvalue weighted by Crippen LogP contribution is -2.54. The summed E-state index contributed by atoms with van der Waals surface area (Å²) in [5.74, 6) is -0.515. The first-order valence-corrected chi connectivity index (χ1v) is 11.3. The molecule has 3 N–H and O–H groups in total. The van der Waals surface area contributed by atoms with Gasteiger partial charge in [-0.05, 0) is 71.1 Å². The van der Waals surface area contributed by atoms with Crippen molar-refractivity contribution in [2.75, 3.05) is 0 Å². The van der Waals surface area contributed by atoms with Gasteiger partial charge in [0.15, 0.2) is 0 Å². The number of alkyl halides is 6. The van der Waals surface area contributed by atoms with Crippen molar-refractivity contribution in [2.24, 2.45) is 0 Å². The third kappa shape index (κ3) is 4.31. The minimum absolute atomic E-state index is 0.0220. The molecule has 198 valence electrons. The first-order valence-electron chi connectivity index (χ1n) is 11.3. The number of halogens is 6. The van der Waals surface area contributed by atoms with Crippen LogP contribution in [0.15, 0.2) is 97.1 Å². The highest BCUT2D eigenvalue weighted by Gasteiger charge is 2.72. The number of phenolic OH excluding ortho intramolecular Hbond substituents is 3. The van der Waals surface area contributed by atoms with Gasteiger partial charge in [-0.1, -0.05) is 60.7 Å². The van der Waals surface area contributed by atoms with Crippen molar-refractivity contribution < 1.29 is 41.7 Å². The van der Waals surface area contributed by atoms with E-state index in [9.17, 15) is 41.7 Å². The Morgan fingerprint density at radius 3 is 0.868 bits per heavy atom. The van der Waals surface area contributed by atoms with Gasteiger partial charge < -0.3 is 15.3 Å². The fourth-order valence-corrected chi connectivity index (χ4v) is 4.84. The van der Waals surface area contributed by atoms with E-state index in [4.69, 9.17) is 0 Å². The molecule has 0 aliphatic rings. The van der Waals surface area contributed by atoms with Crippen LogP contribution in [0.25, 0.3) is 0 Å². The number of phenols is 3. The monoisotopic (exact) mass is 532 g/mol. The lowest BCUT2D eigenvalue weighted by Gasteiger charge is -2.39. The number of rotatable bonds is 5. The number of benzene rings is 4. The molecule has 0 atom stereocenters. The second-order valence-corrected chi connectivity index (χ2v) is 9.09. The summed E-state index contributed by atoms with van der Waals surface area (Å²) >= 11 is 0. The van der Waals surface area contributed by atoms with Gasteiger partial charge in [0.25, 0.3) is 0 Å².